The molecular weight excluding hydrogens is 268 g/mol. The second kappa shape index (κ2) is 6.55. The number of aromatic nitrogens is 1. The first kappa shape index (κ1) is 13.8. The predicted octanol–water partition coefficient (Wildman–Crippen LogP) is 4.17. The lowest BCUT2D eigenvalue weighted by atomic mass is 10.1. The van der Waals surface area contributed by atoms with Gasteiger partial charge in [-0.05, 0) is 50.3 Å². The summed E-state index contributed by atoms with van der Waals surface area (Å²) in [7, 11) is 0. The monoisotopic (exact) mass is 290 g/mol. The van der Waals surface area contributed by atoms with Gasteiger partial charge in [-0.25, -0.2) is 4.98 Å². The van der Waals surface area contributed by atoms with E-state index >= 15 is 0 Å². The molecule has 4 heteroatoms. The largest absolute Gasteiger partial charge is 0.442 e. The first-order chi connectivity index (χ1) is 9.88. The molecule has 0 unspecified atom stereocenters. The molecule has 2 aromatic heterocycles. The molecule has 1 N–H and O–H groups in total. The molecule has 0 radical (unpaired) electrons. The maximum Gasteiger partial charge on any atom is 0.181 e. The van der Waals surface area contributed by atoms with Crippen molar-refractivity contribution in [2.75, 3.05) is 6.54 Å². The second-order valence-corrected chi connectivity index (χ2v) is 6.56. The zero-order chi connectivity index (χ0) is 13.8. The van der Waals surface area contributed by atoms with Gasteiger partial charge in [-0.3, -0.25) is 0 Å². The zero-order valence-corrected chi connectivity index (χ0v) is 12.9. The van der Waals surface area contributed by atoms with Crippen molar-refractivity contribution >= 4 is 11.3 Å². The molecule has 3 nitrogen and oxygen atoms in total. The molecule has 0 saturated carbocycles. The normalized spacial score (nSPS) is 15.1. The van der Waals surface area contributed by atoms with Crippen LogP contribution in [0.5, 0.6) is 0 Å². The van der Waals surface area contributed by atoms with Gasteiger partial charge in [0.15, 0.2) is 12.2 Å². The van der Waals surface area contributed by atoms with Crippen LogP contribution >= 0.6 is 11.3 Å². The van der Waals surface area contributed by atoms with Gasteiger partial charge in [0.05, 0.1) is 4.88 Å². The number of hydrogen-bond donors (Lipinski definition) is 1. The lowest BCUT2D eigenvalue weighted by molar-refractivity contribution is 0.570. The molecule has 0 atom stereocenters. The van der Waals surface area contributed by atoms with Crippen LogP contribution in [-0.2, 0) is 19.4 Å². The number of rotatable bonds is 5. The summed E-state index contributed by atoms with van der Waals surface area (Å²) in [6, 6.07) is 2.33. The van der Waals surface area contributed by atoms with E-state index in [1.807, 2.05) is 11.3 Å². The number of aryl methyl sites for hydroxylation is 2. The van der Waals surface area contributed by atoms with Crippen LogP contribution in [0, 0.1) is 0 Å². The fourth-order valence-corrected chi connectivity index (χ4v) is 4.02. The lowest BCUT2D eigenvalue weighted by Crippen LogP contribution is -2.14. The van der Waals surface area contributed by atoms with Gasteiger partial charge in [0.25, 0.3) is 0 Å². The van der Waals surface area contributed by atoms with E-state index in [1.54, 1.807) is 11.3 Å². The Labute approximate surface area is 124 Å². The molecule has 3 rings (SSSR count). The molecule has 0 fully saturated rings. The van der Waals surface area contributed by atoms with E-state index in [0.29, 0.717) is 0 Å². The maximum atomic E-state index is 5.65. The van der Waals surface area contributed by atoms with Gasteiger partial charge in [-0.1, -0.05) is 13.3 Å². The number of nitrogens with zero attached hydrogens (tertiary/aromatic N) is 1. The first-order valence-electron chi connectivity index (χ1n) is 7.63. The molecule has 1 aliphatic carbocycles. The highest BCUT2D eigenvalue weighted by Gasteiger charge is 2.17. The third-order valence-electron chi connectivity index (χ3n) is 3.83. The van der Waals surface area contributed by atoms with E-state index in [1.165, 1.54) is 42.5 Å². The summed E-state index contributed by atoms with van der Waals surface area (Å²) < 4.78 is 5.65. The van der Waals surface area contributed by atoms with E-state index in [-0.39, 0.29) is 0 Å². The van der Waals surface area contributed by atoms with Gasteiger partial charge in [0.2, 0.25) is 0 Å². The summed E-state index contributed by atoms with van der Waals surface area (Å²) in [6.45, 7) is 3.99. The molecule has 0 amide bonds. The van der Waals surface area contributed by atoms with Crippen molar-refractivity contribution in [1.29, 1.82) is 0 Å². The van der Waals surface area contributed by atoms with Crippen molar-refractivity contribution in [2.24, 2.45) is 0 Å². The molecule has 1 aliphatic rings. The average molecular weight is 290 g/mol. The summed E-state index contributed by atoms with van der Waals surface area (Å²) in [4.78, 5) is 7.18. The maximum absolute atomic E-state index is 5.65. The van der Waals surface area contributed by atoms with Crippen LogP contribution in [-0.4, -0.2) is 11.5 Å². The van der Waals surface area contributed by atoms with Crippen molar-refractivity contribution in [2.45, 2.75) is 52.0 Å². The third kappa shape index (κ3) is 2.96. The number of fused-ring (bicyclic) bond motifs is 1. The number of nitrogens with one attached hydrogen (secondary N) is 1. The van der Waals surface area contributed by atoms with E-state index in [0.717, 1.165) is 31.0 Å². The smallest absolute Gasteiger partial charge is 0.181 e. The fraction of sp³-hybridized carbons (Fsp3) is 0.562. The van der Waals surface area contributed by atoms with Gasteiger partial charge in [0.1, 0.15) is 5.69 Å². The van der Waals surface area contributed by atoms with E-state index in [9.17, 15) is 0 Å². The Morgan fingerprint density at radius 3 is 3.10 bits per heavy atom. The van der Waals surface area contributed by atoms with Gasteiger partial charge < -0.3 is 9.73 Å². The Balaban J connectivity index is 1.81. The van der Waals surface area contributed by atoms with Crippen molar-refractivity contribution in [1.82, 2.24) is 10.3 Å². The standard InChI is InChI=1S/C16H22N2OS/c1-2-8-17-10-13-16(19-11-18-13)15-9-12-6-4-3-5-7-14(12)20-15/h9,11,17H,2-8,10H2,1H3. The van der Waals surface area contributed by atoms with Gasteiger partial charge >= 0.3 is 0 Å². The quantitative estimate of drug-likeness (QED) is 0.663. The van der Waals surface area contributed by atoms with Crippen LogP contribution < -0.4 is 5.32 Å². The second-order valence-electron chi connectivity index (χ2n) is 5.42. The van der Waals surface area contributed by atoms with Crippen LogP contribution in [0.4, 0.5) is 0 Å². The van der Waals surface area contributed by atoms with Gasteiger partial charge in [0, 0.05) is 11.4 Å². The Bertz CT molecular complexity index is 535. The highest BCUT2D eigenvalue weighted by molar-refractivity contribution is 7.15. The minimum atomic E-state index is 0.794. The minimum Gasteiger partial charge on any atom is -0.442 e. The summed E-state index contributed by atoms with van der Waals surface area (Å²) in [5.74, 6) is 0.965. The lowest BCUT2D eigenvalue weighted by Gasteiger charge is -2.01. The van der Waals surface area contributed by atoms with E-state index in [4.69, 9.17) is 4.42 Å². The molecule has 0 aromatic carbocycles. The van der Waals surface area contributed by atoms with Crippen molar-refractivity contribution in [3.05, 3.63) is 28.6 Å². The molecule has 108 valence electrons. The number of thiophene rings is 1. The first-order valence-corrected chi connectivity index (χ1v) is 8.45. The number of hydrogen-bond acceptors (Lipinski definition) is 4. The Morgan fingerprint density at radius 1 is 1.30 bits per heavy atom. The highest BCUT2D eigenvalue weighted by Crippen LogP contribution is 2.36. The third-order valence-corrected chi connectivity index (χ3v) is 5.07. The summed E-state index contributed by atoms with van der Waals surface area (Å²) in [5, 5.41) is 3.40. The molecule has 0 spiro atoms. The van der Waals surface area contributed by atoms with Crippen LogP contribution in [0.15, 0.2) is 16.9 Å². The van der Waals surface area contributed by atoms with Crippen LogP contribution in [0.25, 0.3) is 10.6 Å². The molecular formula is C16H22N2OS. The van der Waals surface area contributed by atoms with Crippen LogP contribution in [0.1, 0.15) is 48.7 Å². The average Bonchev–Trinajstić information content (AvgIpc) is 3.01. The number of oxazole rings is 1. The summed E-state index contributed by atoms with van der Waals surface area (Å²) in [6.07, 6.45) is 9.19. The topological polar surface area (TPSA) is 38.1 Å². The Morgan fingerprint density at radius 2 is 2.20 bits per heavy atom. The molecule has 2 heterocycles. The molecule has 0 saturated heterocycles. The van der Waals surface area contributed by atoms with E-state index < -0.39 is 0 Å². The fourth-order valence-electron chi connectivity index (χ4n) is 2.76. The molecule has 0 aliphatic heterocycles. The van der Waals surface area contributed by atoms with Crippen molar-refractivity contribution in [3.63, 3.8) is 0 Å². The summed E-state index contributed by atoms with van der Waals surface area (Å²) in [5.41, 5.74) is 2.57. The van der Waals surface area contributed by atoms with Gasteiger partial charge in [-0.15, -0.1) is 11.3 Å². The molecule has 0 bridgehead atoms. The summed E-state index contributed by atoms with van der Waals surface area (Å²) >= 11 is 1.90. The SMILES string of the molecule is CCCNCc1ncoc1-c1cc2c(s1)CCCCC2. The van der Waals surface area contributed by atoms with Crippen LogP contribution in [0.3, 0.4) is 0 Å². The Hall–Kier alpha value is -1.13. The van der Waals surface area contributed by atoms with Crippen LogP contribution in [0.2, 0.25) is 0 Å². The van der Waals surface area contributed by atoms with E-state index in [2.05, 4.69) is 23.3 Å². The van der Waals surface area contributed by atoms with Crippen molar-refractivity contribution in [3.8, 4) is 10.6 Å². The minimum absolute atomic E-state index is 0.794. The highest BCUT2D eigenvalue weighted by atomic mass is 32.1. The molecule has 20 heavy (non-hydrogen) atoms. The Kier molecular flexibility index (Phi) is 4.53. The predicted molar refractivity (Wildman–Crippen MR) is 83.1 cm³/mol. The van der Waals surface area contributed by atoms with Crippen molar-refractivity contribution < 1.29 is 4.42 Å². The van der Waals surface area contributed by atoms with Gasteiger partial charge in [-0.2, -0.15) is 0 Å². The molecule has 2 aromatic rings. The zero-order valence-electron chi connectivity index (χ0n) is 12.1.